The number of carbonyl (C=O) groups excluding carboxylic acids is 3. The number of phenolic OH excluding ortho intramolecular Hbond substituents is 1. The lowest BCUT2D eigenvalue weighted by Crippen LogP contribution is -1.93. The summed E-state index contributed by atoms with van der Waals surface area (Å²) in [7, 11) is 0. The van der Waals surface area contributed by atoms with Crippen LogP contribution in [0, 0.1) is 0 Å². The third kappa shape index (κ3) is 1.61. The van der Waals surface area contributed by atoms with E-state index in [4.69, 9.17) is 5.11 Å². The molecule has 0 aromatic heterocycles. The van der Waals surface area contributed by atoms with Crippen molar-refractivity contribution in [2.45, 2.75) is 0 Å². The van der Waals surface area contributed by atoms with Crippen molar-refractivity contribution in [2.75, 3.05) is 0 Å². The molecule has 0 atom stereocenters. The molecular formula is C9H6O4. The van der Waals surface area contributed by atoms with Crippen LogP contribution < -0.4 is 0 Å². The van der Waals surface area contributed by atoms with Gasteiger partial charge in [0.2, 0.25) is 0 Å². The van der Waals surface area contributed by atoms with Crippen LogP contribution in [0.1, 0.15) is 31.1 Å². The molecule has 1 aromatic carbocycles. The topological polar surface area (TPSA) is 71.4 Å². The maximum Gasteiger partial charge on any atom is 0.153 e. The van der Waals surface area contributed by atoms with Gasteiger partial charge in [0.15, 0.2) is 18.9 Å². The van der Waals surface area contributed by atoms with Crippen molar-refractivity contribution in [3.05, 3.63) is 28.8 Å². The zero-order valence-electron chi connectivity index (χ0n) is 6.56. The van der Waals surface area contributed by atoms with E-state index in [0.717, 1.165) is 6.07 Å². The number of benzene rings is 1. The maximum atomic E-state index is 10.4. The van der Waals surface area contributed by atoms with Gasteiger partial charge in [0.05, 0.1) is 5.56 Å². The molecule has 1 N–H and O–H groups in total. The lowest BCUT2D eigenvalue weighted by Gasteiger charge is -2.00. The highest BCUT2D eigenvalue weighted by Gasteiger charge is 2.07. The number of rotatable bonds is 3. The minimum Gasteiger partial charge on any atom is -0.507 e. The van der Waals surface area contributed by atoms with E-state index in [2.05, 4.69) is 0 Å². The van der Waals surface area contributed by atoms with Crippen LogP contribution in [0.3, 0.4) is 0 Å². The van der Waals surface area contributed by atoms with E-state index in [-0.39, 0.29) is 22.4 Å². The molecule has 0 saturated carbocycles. The summed E-state index contributed by atoms with van der Waals surface area (Å²) in [6.45, 7) is 0. The largest absolute Gasteiger partial charge is 0.507 e. The first-order valence-corrected chi connectivity index (χ1v) is 3.45. The summed E-state index contributed by atoms with van der Waals surface area (Å²) in [4.78, 5) is 31.1. The number of carbonyl (C=O) groups is 3. The Hall–Kier alpha value is -1.97. The second-order valence-corrected chi connectivity index (χ2v) is 2.39. The Morgan fingerprint density at radius 3 is 1.77 bits per heavy atom. The van der Waals surface area contributed by atoms with E-state index in [1.165, 1.54) is 6.07 Å². The minimum absolute atomic E-state index is 0.00676. The van der Waals surface area contributed by atoms with Crippen molar-refractivity contribution >= 4 is 18.9 Å². The van der Waals surface area contributed by atoms with Crippen molar-refractivity contribution in [1.29, 1.82) is 0 Å². The number of phenols is 1. The third-order valence-electron chi connectivity index (χ3n) is 1.61. The van der Waals surface area contributed by atoms with Gasteiger partial charge in [-0.3, -0.25) is 14.4 Å². The van der Waals surface area contributed by atoms with Crippen molar-refractivity contribution in [3.8, 4) is 5.75 Å². The predicted molar refractivity (Wildman–Crippen MR) is 44.3 cm³/mol. The Kier molecular flexibility index (Phi) is 2.54. The lowest BCUT2D eigenvalue weighted by molar-refractivity contribution is 0.109. The molecule has 66 valence electrons. The van der Waals surface area contributed by atoms with Crippen LogP contribution in [0.15, 0.2) is 12.1 Å². The van der Waals surface area contributed by atoms with E-state index in [1.54, 1.807) is 0 Å². The number of aromatic hydroxyl groups is 1. The highest BCUT2D eigenvalue weighted by Crippen LogP contribution is 2.18. The van der Waals surface area contributed by atoms with Crippen LogP contribution >= 0.6 is 0 Å². The molecule has 0 fully saturated rings. The van der Waals surface area contributed by atoms with E-state index in [9.17, 15) is 14.4 Å². The summed E-state index contributed by atoms with van der Waals surface area (Å²) in [5.41, 5.74) is 0.153. The van der Waals surface area contributed by atoms with E-state index in [1.807, 2.05) is 0 Å². The fourth-order valence-electron chi connectivity index (χ4n) is 0.937. The normalized spacial score (nSPS) is 9.23. The summed E-state index contributed by atoms with van der Waals surface area (Å²) in [6, 6.07) is 2.25. The maximum absolute atomic E-state index is 10.4. The van der Waals surface area contributed by atoms with E-state index in [0.29, 0.717) is 18.9 Å². The molecule has 0 radical (unpaired) electrons. The molecule has 0 bridgehead atoms. The fraction of sp³-hybridized carbons (Fsp3) is 0. The number of aldehydes is 3. The van der Waals surface area contributed by atoms with Gasteiger partial charge in [-0.2, -0.15) is 0 Å². The van der Waals surface area contributed by atoms with Crippen molar-refractivity contribution < 1.29 is 19.5 Å². The van der Waals surface area contributed by atoms with Gasteiger partial charge in [0, 0.05) is 11.1 Å². The molecule has 4 nitrogen and oxygen atoms in total. The SMILES string of the molecule is O=Cc1cc(C=O)c(C=O)cc1O. The molecule has 1 rings (SSSR count). The van der Waals surface area contributed by atoms with Crippen LogP contribution in [-0.2, 0) is 0 Å². The molecule has 0 unspecified atom stereocenters. The van der Waals surface area contributed by atoms with Gasteiger partial charge in [0.1, 0.15) is 5.75 Å². The molecule has 0 saturated heterocycles. The fourth-order valence-corrected chi connectivity index (χ4v) is 0.937. The van der Waals surface area contributed by atoms with Crippen molar-refractivity contribution in [2.24, 2.45) is 0 Å². The van der Waals surface area contributed by atoms with Gasteiger partial charge < -0.3 is 5.11 Å². The molecule has 0 aliphatic rings. The van der Waals surface area contributed by atoms with Gasteiger partial charge >= 0.3 is 0 Å². The van der Waals surface area contributed by atoms with Crippen LogP contribution in [-0.4, -0.2) is 24.0 Å². The smallest absolute Gasteiger partial charge is 0.153 e. The third-order valence-corrected chi connectivity index (χ3v) is 1.61. The summed E-state index contributed by atoms with van der Waals surface area (Å²) in [5, 5.41) is 9.14. The van der Waals surface area contributed by atoms with E-state index < -0.39 is 0 Å². The van der Waals surface area contributed by atoms with Crippen LogP contribution in [0.5, 0.6) is 5.75 Å². The highest BCUT2D eigenvalue weighted by atomic mass is 16.3. The van der Waals surface area contributed by atoms with Crippen LogP contribution in [0.2, 0.25) is 0 Å². The van der Waals surface area contributed by atoms with Crippen LogP contribution in [0.4, 0.5) is 0 Å². The van der Waals surface area contributed by atoms with Crippen molar-refractivity contribution in [3.63, 3.8) is 0 Å². The Morgan fingerprint density at radius 1 is 0.846 bits per heavy atom. The Morgan fingerprint density at radius 2 is 1.31 bits per heavy atom. The second kappa shape index (κ2) is 3.62. The van der Waals surface area contributed by atoms with Gasteiger partial charge in [-0.05, 0) is 12.1 Å². The summed E-state index contributed by atoms with van der Waals surface area (Å²) in [6.07, 6.45) is 1.31. The zero-order chi connectivity index (χ0) is 9.84. The van der Waals surface area contributed by atoms with Gasteiger partial charge in [-0.25, -0.2) is 0 Å². The van der Waals surface area contributed by atoms with Gasteiger partial charge in [-0.15, -0.1) is 0 Å². The summed E-state index contributed by atoms with van der Waals surface area (Å²) < 4.78 is 0. The molecule has 0 amide bonds. The van der Waals surface area contributed by atoms with Gasteiger partial charge in [-0.1, -0.05) is 0 Å². The monoisotopic (exact) mass is 178 g/mol. The zero-order valence-corrected chi connectivity index (χ0v) is 6.56. The van der Waals surface area contributed by atoms with Crippen molar-refractivity contribution in [1.82, 2.24) is 0 Å². The predicted octanol–water partition coefficient (Wildman–Crippen LogP) is 0.830. The molecule has 0 aliphatic heterocycles. The molecule has 0 heterocycles. The molecule has 13 heavy (non-hydrogen) atoms. The average Bonchev–Trinajstić information content (AvgIpc) is 2.17. The van der Waals surface area contributed by atoms with Crippen LogP contribution in [0.25, 0.3) is 0 Å². The number of hydrogen-bond donors (Lipinski definition) is 1. The molecule has 1 aromatic rings. The first-order chi connectivity index (χ1) is 6.22. The average molecular weight is 178 g/mol. The Bertz CT molecular complexity index is 368. The summed E-state index contributed by atoms with van der Waals surface area (Å²) >= 11 is 0. The second-order valence-electron chi connectivity index (χ2n) is 2.39. The Labute approximate surface area is 73.8 Å². The number of hydrogen-bond acceptors (Lipinski definition) is 4. The highest BCUT2D eigenvalue weighted by molar-refractivity contribution is 5.94. The quantitative estimate of drug-likeness (QED) is 0.696. The molecule has 4 heteroatoms. The molecule has 0 spiro atoms. The minimum atomic E-state index is -0.303. The summed E-state index contributed by atoms with van der Waals surface area (Å²) in [5.74, 6) is -0.303. The van der Waals surface area contributed by atoms with Gasteiger partial charge in [0.25, 0.3) is 0 Å². The first kappa shape index (κ1) is 9.12. The first-order valence-electron chi connectivity index (χ1n) is 3.45. The lowest BCUT2D eigenvalue weighted by atomic mass is 10.1. The Balaban J connectivity index is 3.42. The molecule has 0 aliphatic carbocycles. The molecular weight excluding hydrogens is 172 g/mol. The van der Waals surface area contributed by atoms with E-state index >= 15 is 0 Å². The standard InChI is InChI=1S/C9H6O4/c10-3-6-1-8(5-12)9(13)2-7(6)4-11/h1-5,13H.